The van der Waals surface area contributed by atoms with Crippen molar-refractivity contribution in [1.29, 1.82) is 0 Å². The maximum atomic E-state index is 10.1. The minimum absolute atomic E-state index is 0.0704. The predicted octanol–water partition coefficient (Wildman–Crippen LogP) is 3.65. The Hall–Kier alpha value is -1.31. The van der Waals surface area contributed by atoms with Crippen LogP contribution in [0.25, 0.3) is 0 Å². The quantitative estimate of drug-likeness (QED) is 0.344. The normalized spacial score (nSPS) is 23.3. The van der Waals surface area contributed by atoms with Crippen LogP contribution in [0.2, 0.25) is 0 Å². The van der Waals surface area contributed by atoms with Gasteiger partial charge in [-0.1, -0.05) is 30.4 Å². The van der Waals surface area contributed by atoms with E-state index in [1.807, 2.05) is 23.9 Å². The van der Waals surface area contributed by atoms with Crippen LogP contribution in [-0.2, 0) is 11.2 Å². The molecule has 0 aromatic heterocycles. The first-order valence-corrected chi connectivity index (χ1v) is 11.8. The predicted molar refractivity (Wildman–Crippen MR) is 125 cm³/mol. The summed E-state index contributed by atoms with van der Waals surface area (Å²) in [5.74, 6) is 1.94. The van der Waals surface area contributed by atoms with Gasteiger partial charge in [-0.05, 0) is 43.5 Å². The third-order valence-electron chi connectivity index (χ3n) is 5.15. The smallest absolute Gasteiger partial charge is 0.122 e. The van der Waals surface area contributed by atoms with Crippen LogP contribution in [0.1, 0.15) is 43.9 Å². The first-order chi connectivity index (χ1) is 14.6. The van der Waals surface area contributed by atoms with Crippen LogP contribution in [0.5, 0.6) is 5.75 Å². The third-order valence-corrected chi connectivity index (χ3v) is 6.27. The molecule has 0 amide bonds. The summed E-state index contributed by atoms with van der Waals surface area (Å²) in [4.78, 5) is 0. The van der Waals surface area contributed by atoms with Gasteiger partial charge in [-0.2, -0.15) is 11.8 Å². The molecule has 0 spiro atoms. The Kier molecular flexibility index (Phi) is 11.6. The van der Waals surface area contributed by atoms with Gasteiger partial charge in [-0.15, -0.1) is 0 Å². The van der Waals surface area contributed by atoms with Gasteiger partial charge in [-0.25, -0.2) is 0 Å². The van der Waals surface area contributed by atoms with Crippen LogP contribution in [0.4, 0.5) is 0 Å². The van der Waals surface area contributed by atoms with Crippen molar-refractivity contribution in [2.45, 2.75) is 56.7 Å². The van der Waals surface area contributed by atoms with Crippen LogP contribution in [-0.4, -0.2) is 60.2 Å². The largest absolute Gasteiger partial charge is 0.496 e. The van der Waals surface area contributed by atoms with Crippen molar-refractivity contribution >= 4 is 11.8 Å². The highest BCUT2D eigenvalue weighted by molar-refractivity contribution is 8.00. The fraction of sp³-hybridized carbons (Fsp3) is 0.583. The summed E-state index contributed by atoms with van der Waals surface area (Å²) in [5, 5.41) is 23.5. The molecule has 3 N–H and O–H groups in total. The molecule has 1 aliphatic heterocycles. The standard InChI is InChI=1S/C24H37NO4S/c1-4-7-18(2)30-13-12-25-11-6-5-8-19-14-20(9-10-23(19)28-3)24-16-21(27)15-22(17-26)29-24/h4-7,9-10,14,18,21-22,24-27H,8,11-13,15-17H2,1-3H3/b6-5+,7-4-. The van der Waals surface area contributed by atoms with E-state index in [4.69, 9.17) is 9.47 Å². The summed E-state index contributed by atoms with van der Waals surface area (Å²) in [5.41, 5.74) is 2.10. The third kappa shape index (κ3) is 8.44. The molecule has 1 aromatic rings. The summed E-state index contributed by atoms with van der Waals surface area (Å²) < 4.78 is 11.5. The fourth-order valence-electron chi connectivity index (χ4n) is 3.60. The van der Waals surface area contributed by atoms with Gasteiger partial charge >= 0.3 is 0 Å². The van der Waals surface area contributed by atoms with Crippen LogP contribution >= 0.6 is 11.8 Å². The lowest BCUT2D eigenvalue weighted by molar-refractivity contribution is -0.113. The zero-order chi connectivity index (χ0) is 21.8. The molecule has 1 aliphatic rings. The molecule has 2 rings (SSSR count). The topological polar surface area (TPSA) is 71.0 Å². The van der Waals surface area contributed by atoms with E-state index in [9.17, 15) is 10.2 Å². The molecule has 1 saturated heterocycles. The van der Waals surface area contributed by atoms with Crippen molar-refractivity contribution in [3.8, 4) is 5.75 Å². The number of benzene rings is 1. The summed E-state index contributed by atoms with van der Waals surface area (Å²) in [6.45, 7) is 6.04. The Labute approximate surface area is 185 Å². The molecule has 168 valence electrons. The number of methoxy groups -OCH3 is 1. The van der Waals surface area contributed by atoms with Gasteiger partial charge in [-0.3, -0.25) is 0 Å². The number of hydrogen-bond acceptors (Lipinski definition) is 6. The lowest BCUT2D eigenvalue weighted by atomic mass is 9.94. The van der Waals surface area contributed by atoms with Crippen LogP contribution in [0, 0.1) is 0 Å². The van der Waals surface area contributed by atoms with Gasteiger partial charge in [0.15, 0.2) is 0 Å². The van der Waals surface area contributed by atoms with Crippen molar-refractivity contribution in [2.24, 2.45) is 0 Å². The lowest BCUT2D eigenvalue weighted by Crippen LogP contribution is -2.33. The van der Waals surface area contributed by atoms with E-state index in [1.165, 1.54) is 0 Å². The molecular weight excluding hydrogens is 398 g/mol. The second-order valence-corrected chi connectivity index (χ2v) is 9.09. The number of ether oxygens (including phenoxy) is 2. The number of allylic oxidation sites excluding steroid dienone is 2. The highest BCUT2D eigenvalue weighted by Gasteiger charge is 2.29. The van der Waals surface area contributed by atoms with Crippen molar-refractivity contribution < 1.29 is 19.7 Å². The van der Waals surface area contributed by atoms with E-state index < -0.39 is 6.10 Å². The first-order valence-electron chi connectivity index (χ1n) is 10.8. The van der Waals surface area contributed by atoms with E-state index in [0.29, 0.717) is 18.1 Å². The maximum absolute atomic E-state index is 10.1. The van der Waals surface area contributed by atoms with Gasteiger partial charge < -0.3 is 25.0 Å². The van der Waals surface area contributed by atoms with Gasteiger partial charge in [0.25, 0.3) is 0 Å². The molecule has 4 unspecified atom stereocenters. The van der Waals surface area contributed by atoms with Crippen molar-refractivity contribution in [3.63, 3.8) is 0 Å². The zero-order valence-electron chi connectivity index (χ0n) is 18.4. The minimum Gasteiger partial charge on any atom is -0.496 e. The highest BCUT2D eigenvalue weighted by Crippen LogP contribution is 2.33. The van der Waals surface area contributed by atoms with E-state index in [1.54, 1.807) is 7.11 Å². The molecule has 1 heterocycles. The van der Waals surface area contributed by atoms with Crippen LogP contribution < -0.4 is 10.1 Å². The molecule has 6 heteroatoms. The van der Waals surface area contributed by atoms with Crippen molar-refractivity contribution in [2.75, 3.05) is 32.6 Å². The Morgan fingerprint density at radius 2 is 2.17 bits per heavy atom. The van der Waals surface area contributed by atoms with E-state index >= 15 is 0 Å². The Bertz CT molecular complexity index is 679. The summed E-state index contributed by atoms with van der Waals surface area (Å²) in [7, 11) is 1.68. The number of nitrogens with one attached hydrogen (secondary N) is 1. The average Bonchev–Trinajstić information content (AvgIpc) is 2.75. The van der Waals surface area contributed by atoms with E-state index in [-0.39, 0.29) is 18.8 Å². The van der Waals surface area contributed by atoms with Gasteiger partial charge in [0.2, 0.25) is 0 Å². The molecule has 0 saturated carbocycles. The second-order valence-electron chi connectivity index (χ2n) is 7.61. The summed E-state index contributed by atoms with van der Waals surface area (Å²) in [6, 6.07) is 6.03. The Morgan fingerprint density at radius 1 is 1.33 bits per heavy atom. The monoisotopic (exact) mass is 435 g/mol. The first kappa shape index (κ1) is 25.0. The lowest BCUT2D eigenvalue weighted by Gasteiger charge is -2.32. The van der Waals surface area contributed by atoms with Crippen LogP contribution in [0.3, 0.4) is 0 Å². The van der Waals surface area contributed by atoms with Crippen molar-refractivity contribution in [3.05, 3.63) is 53.6 Å². The summed E-state index contributed by atoms with van der Waals surface area (Å²) in [6.07, 6.45) is 9.45. The van der Waals surface area contributed by atoms with Crippen LogP contribution in [0.15, 0.2) is 42.5 Å². The molecule has 0 radical (unpaired) electrons. The molecule has 4 atom stereocenters. The average molecular weight is 436 g/mol. The van der Waals surface area contributed by atoms with Gasteiger partial charge in [0.05, 0.1) is 32.0 Å². The van der Waals surface area contributed by atoms with E-state index in [2.05, 4.69) is 49.5 Å². The number of aliphatic hydroxyl groups is 2. The molecule has 5 nitrogen and oxygen atoms in total. The molecule has 1 aromatic carbocycles. The van der Waals surface area contributed by atoms with Gasteiger partial charge in [0.1, 0.15) is 5.75 Å². The Balaban J connectivity index is 1.84. The SMILES string of the molecule is C/C=C\C(C)SCCNC/C=C/Cc1cc(C2CC(O)CC(CO)O2)ccc1OC. The van der Waals surface area contributed by atoms with Gasteiger partial charge in [0, 0.05) is 36.9 Å². The molecule has 0 bridgehead atoms. The molecule has 0 aliphatic carbocycles. The highest BCUT2D eigenvalue weighted by atomic mass is 32.2. The Morgan fingerprint density at radius 3 is 2.90 bits per heavy atom. The molecule has 30 heavy (non-hydrogen) atoms. The fourth-order valence-corrected chi connectivity index (χ4v) is 4.51. The summed E-state index contributed by atoms with van der Waals surface area (Å²) >= 11 is 1.95. The zero-order valence-corrected chi connectivity index (χ0v) is 19.2. The number of rotatable bonds is 12. The second kappa shape index (κ2) is 13.9. The van der Waals surface area contributed by atoms with Crippen molar-refractivity contribution in [1.82, 2.24) is 5.32 Å². The number of hydrogen-bond donors (Lipinski definition) is 3. The number of aliphatic hydroxyl groups excluding tert-OH is 2. The maximum Gasteiger partial charge on any atom is 0.122 e. The minimum atomic E-state index is -0.448. The molecule has 1 fully saturated rings. The molecular formula is C24H37NO4S. The number of thioether (sulfide) groups is 1. The van der Waals surface area contributed by atoms with E-state index in [0.717, 1.165) is 42.1 Å².